The predicted octanol–water partition coefficient (Wildman–Crippen LogP) is 11.8. The van der Waals surface area contributed by atoms with Crippen molar-refractivity contribution in [1.82, 2.24) is 0 Å². The van der Waals surface area contributed by atoms with Crippen LogP contribution in [0, 0.1) is 0 Å². The average Bonchev–Trinajstić information content (AvgIpc) is 3.70. The van der Waals surface area contributed by atoms with E-state index in [1.54, 1.807) is 0 Å². The van der Waals surface area contributed by atoms with E-state index in [0.29, 0.717) is 0 Å². The Hall–Kier alpha value is -5.80. The third-order valence-corrected chi connectivity index (χ3v) is 10.0. The number of nitrogens with zero attached hydrogens (tertiary/aromatic N) is 1. The first-order valence-electron chi connectivity index (χ1n) is 16.5. The van der Waals surface area contributed by atoms with Crippen molar-refractivity contribution in [3.05, 3.63) is 163 Å². The van der Waals surface area contributed by atoms with Crippen molar-refractivity contribution in [2.45, 2.75) is 24.9 Å². The molecular formula is C44H31NO2. The highest BCUT2D eigenvalue weighted by atomic mass is 16.5. The van der Waals surface area contributed by atoms with E-state index in [2.05, 4.69) is 157 Å². The number of rotatable bonds is 4. The van der Waals surface area contributed by atoms with E-state index in [-0.39, 0.29) is 12.0 Å². The third kappa shape index (κ3) is 4.20. The van der Waals surface area contributed by atoms with Gasteiger partial charge in [-0.15, -0.1) is 0 Å². The van der Waals surface area contributed by atoms with Crippen molar-refractivity contribution >= 4 is 55.7 Å². The molecule has 2 unspecified atom stereocenters. The van der Waals surface area contributed by atoms with Crippen molar-refractivity contribution in [2.24, 2.45) is 0 Å². The standard InChI is InChI=1S/C44H31NO2/c1-2-10-33-29(9-1)25-38(35-12-4-3-11-34(33)35)28-17-19-30(20-18-28)45(31-21-23-43-39(26-31)36-13-5-7-15-41(36)46-43)32-22-24-44-40(27-32)37-14-6-8-16-42(37)47-44/h1-7,9-15,17-27,36,41H,8,16H2. The largest absolute Gasteiger partial charge is 0.485 e. The zero-order chi connectivity index (χ0) is 30.9. The van der Waals surface area contributed by atoms with Crippen LogP contribution in [0.4, 0.5) is 17.1 Å². The quantitative estimate of drug-likeness (QED) is 0.187. The summed E-state index contributed by atoms with van der Waals surface area (Å²) in [4.78, 5) is 2.36. The lowest BCUT2D eigenvalue weighted by Crippen LogP contribution is -2.15. The molecule has 10 rings (SSSR count). The van der Waals surface area contributed by atoms with Crippen LogP contribution in [0.2, 0.25) is 0 Å². The topological polar surface area (TPSA) is 25.6 Å². The van der Waals surface area contributed by atoms with Gasteiger partial charge in [0, 0.05) is 45.9 Å². The van der Waals surface area contributed by atoms with Crippen LogP contribution in [-0.4, -0.2) is 6.10 Å². The molecule has 0 radical (unpaired) electrons. The number of hydrogen-bond donors (Lipinski definition) is 0. The van der Waals surface area contributed by atoms with Crippen molar-refractivity contribution in [3.63, 3.8) is 0 Å². The zero-order valence-corrected chi connectivity index (χ0v) is 25.8. The van der Waals surface area contributed by atoms with Gasteiger partial charge in [0.15, 0.2) is 0 Å². The minimum absolute atomic E-state index is 0.0512. The number of furan rings is 1. The number of ether oxygens (including phenoxy) is 1. The minimum atomic E-state index is 0.0512. The second kappa shape index (κ2) is 10.4. The Balaban J connectivity index is 1.13. The molecule has 7 aromatic rings. The van der Waals surface area contributed by atoms with E-state index in [1.165, 1.54) is 43.8 Å². The summed E-state index contributed by atoms with van der Waals surface area (Å²) in [6.45, 7) is 0. The van der Waals surface area contributed by atoms with Crippen molar-refractivity contribution < 1.29 is 9.15 Å². The van der Waals surface area contributed by atoms with Crippen LogP contribution in [0.1, 0.15) is 29.2 Å². The molecule has 2 heterocycles. The molecule has 0 saturated carbocycles. The van der Waals surface area contributed by atoms with Gasteiger partial charge in [0.2, 0.25) is 0 Å². The predicted molar refractivity (Wildman–Crippen MR) is 194 cm³/mol. The molecule has 6 aromatic carbocycles. The maximum atomic E-state index is 6.32. The van der Waals surface area contributed by atoms with Gasteiger partial charge in [-0.1, -0.05) is 91.0 Å². The van der Waals surface area contributed by atoms with Crippen LogP contribution in [0.5, 0.6) is 5.75 Å². The van der Waals surface area contributed by atoms with E-state index < -0.39 is 0 Å². The van der Waals surface area contributed by atoms with Crippen molar-refractivity contribution in [3.8, 4) is 16.9 Å². The highest BCUT2D eigenvalue weighted by Crippen LogP contribution is 2.46. The van der Waals surface area contributed by atoms with Crippen LogP contribution in [0.15, 0.2) is 150 Å². The Bertz CT molecular complexity index is 2460. The summed E-state index contributed by atoms with van der Waals surface area (Å²) in [5, 5.41) is 6.24. The summed E-state index contributed by atoms with van der Waals surface area (Å²) in [5.41, 5.74) is 9.11. The molecule has 0 fully saturated rings. The molecule has 3 nitrogen and oxygen atoms in total. The number of allylic oxidation sites excluding steroid dienone is 3. The maximum Gasteiger partial charge on any atom is 0.135 e. The molecule has 0 bridgehead atoms. The Labute approximate surface area is 273 Å². The molecule has 47 heavy (non-hydrogen) atoms. The lowest BCUT2D eigenvalue weighted by molar-refractivity contribution is 0.269. The molecule has 0 spiro atoms. The van der Waals surface area contributed by atoms with Crippen molar-refractivity contribution in [1.29, 1.82) is 0 Å². The number of anilines is 3. The third-order valence-electron chi connectivity index (χ3n) is 10.0. The monoisotopic (exact) mass is 605 g/mol. The molecule has 1 aliphatic heterocycles. The fraction of sp³-hybridized carbons (Fsp3) is 0.0909. The fourth-order valence-corrected chi connectivity index (χ4v) is 7.78. The molecule has 2 atom stereocenters. The molecule has 0 amide bonds. The van der Waals surface area contributed by atoms with Gasteiger partial charge in [0.05, 0.1) is 0 Å². The van der Waals surface area contributed by atoms with Crippen LogP contribution in [-0.2, 0) is 6.42 Å². The molecule has 3 heteroatoms. The van der Waals surface area contributed by atoms with E-state index in [0.717, 1.165) is 52.4 Å². The minimum Gasteiger partial charge on any atom is -0.485 e. The number of aryl methyl sites for hydroxylation is 1. The van der Waals surface area contributed by atoms with Gasteiger partial charge in [-0.2, -0.15) is 0 Å². The van der Waals surface area contributed by atoms with Gasteiger partial charge < -0.3 is 14.1 Å². The van der Waals surface area contributed by atoms with Gasteiger partial charge in [-0.25, -0.2) is 0 Å². The molecule has 2 aliphatic carbocycles. The zero-order valence-electron chi connectivity index (χ0n) is 25.8. The van der Waals surface area contributed by atoms with Crippen LogP contribution >= 0.6 is 0 Å². The van der Waals surface area contributed by atoms with E-state index in [4.69, 9.17) is 9.15 Å². The second-order valence-electron chi connectivity index (χ2n) is 12.7. The summed E-state index contributed by atoms with van der Waals surface area (Å²) in [6.07, 6.45) is 15.1. The first-order chi connectivity index (χ1) is 23.3. The number of fused-ring (bicyclic) bond motifs is 9. The highest BCUT2D eigenvalue weighted by Gasteiger charge is 2.33. The normalized spacial score (nSPS) is 17.5. The SMILES string of the molecule is C1=CC2Oc3ccc(N(c4ccc(-c5cc6ccccc6c6ccccc56)cc4)c4ccc5oc6c(c5c4)C=CCC6)cc3C2C=C1. The molecule has 224 valence electrons. The average molecular weight is 606 g/mol. The summed E-state index contributed by atoms with van der Waals surface area (Å²) in [6, 6.07) is 42.0. The van der Waals surface area contributed by atoms with Crippen LogP contribution in [0.25, 0.3) is 49.7 Å². The fourth-order valence-electron chi connectivity index (χ4n) is 7.78. The highest BCUT2D eigenvalue weighted by molar-refractivity contribution is 6.13. The van der Waals surface area contributed by atoms with E-state index in [9.17, 15) is 0 Å². The first-order valence-corrected chi connectivity index (χ1v) is 16.5. The number of hydrogen-bond acceptors (Lipinski definition) is 3. The van der Waals surface area contributed by atoms with Gasteiger partial charge in [0.1, 0.15) is 23.2 Å². The molecule has 0 saturated heterocycles. The summed E-state index contributed by atoms with van der Waals surface area (Å²) >= 11 is 0. The maximum absolute atomic E-state index is 6.32. The first kappa shape index (κ1) is 26.4. The number of benzene rings is 6. The van der Waals surface area contributed by atoms with Gasteiger partial charge in [-0.3, -0.25) is 0 Å². The lowest BCUT2D eigenvalue weighted by Gasteiger charge is -2.26. The van der Waals surface area contributed by atoms with Crippen LogP contribution < -0.4 is 9.64 Å². The Kier molecular flexibility index (Phi) is 5.83. The van der Waals surface area contributed by atoms with Crippen molar-refractivity contribution in [2.75, 3.05) is 4.90 Å². The molecule has 3 aliphatic rings. The van der Waals surface area contributed by atoms with E-state index >= 15 is 0 Å². The summed E-state index contributed by atoms with van der Waals surface area (Å²) < 4.78 is 12.6. The molecule has 1 aromatic heterocycles. The summed E-state index contributed by atoms with van der Waals surface area (Å²) in [5.74, 6) is 2.26. The summed E-state index contributed by atoms with van der Waals surface area (Å²) in [7, 11) is 0. The van der Waals surface area contributed by atoms with Gasteiger partial charge in [-0.05, 0) is 99.8 Å². The Morgan fingerprint density at radius 1 is 0.638 bits per heavy atom. The Morgan fingerprint density at radius 2 is 1.40 bits per heavy atom. The smallest absolute Gasteiger partial charge is 0.135 e. The Morgan fingerprint density at radius 3 is 2.32 bits per heavy atom. The van der Waals surface area contributed by atoms with Gasteiger partial charge in [0.25, 0.3) is 0 Å². The second-order valence-corrected chi connectivity index (χ2v) is 12.7. The van der Waals surface area contributed by atoms with E-state index in [1.807, 2.05) is 0 Å². The lowest BCUT2D eigenvalue weighted by atomic mass is 9.91. The van der Waals surface area contributed by atoms with Crippen LogP contribution in [0.3, 0.4) is 0 Å². The molecular weight excluding hydrogens is 574 g/mol. The van der Waals surface area contributed by atoms with Gasteiger partial charge >= 0.3 is 0 Å². The molecule has 0 N–H and O–H groups in total.